The minimum atomic E-state index is 0.682. The number of nitrogens with one attached hydrogen (secondary N) is 1. The van der Waals surface area contributed by atoms with Crippen LogP contribution in [0.2, 0.25) is 0 Å². The number of nitrogens with zero attached hydrogens (tertiary/aromatic N) is 1. The predicted molar refractivity (Wildman–Crippen MR) is 104 cm³/mol. The lowest BCUT2D eigenvalue weighted by molar-refractivity contribution is 0.340. The van der Waals surface area contributed by atoms with Crippen molar-refractivity contribution in [2.45, 2.75) is 26.8 Å². The Kier molecular flexibility index (Phi) is 4.55. The molecule has 0 bridgehead atoms. The molecular weight excluding hydrogens is 328 g/mol. The topological polar surface area (TPSA) is 34.1 Å². The van der Waals surface area contributed by atoms with E-state index in [9.17, 15) is 0 Å². The van der Waals surface area contributed by atoms with Gasteiger partial charge in [-0.25, -0.2) is 4.98 Å². The molecule has 2 heterocycles. The SMILES string of the molecule is CCOc1cccc(-c2cccc(-c3nc4c(s3)CNCC4)c2C)c1. The molecule has 0 amide bonds. The van der Waals surface area contributed by atoms with E-state index >= 15 is 0 Å². The quantitative estimate of drug-likeness (QED) is 0.732. The Labute approximate surface area is 152 Å². The third-order valence-corrected chi connectivity index (χ3v) is 5.75. The van der Waals surface area contributed by atoms with Crippen molar-refractivity contribution in [1.82, 2.24) is 10.3 Å². The predicted octanol–water partition coefficient (Wildman–Crippen LogP) is 4.83. The van der Waals surface area contributed by atoms with E-state index in [1.54, 1.807) is 0 Å². The first kappa shape index (κ1) is 16.3. The summed E-state index contributed by atoms with van der Waals surface area (Å²) in [4.78, 5) is 6.30. The molecule has 128 valence electrons. The average Bonchev–Trinajstić information content (AvgIpc) is 3.06. The second kappa shape index (κ2) is 6.98. The number of hydrogen-bond donors (Lipinski definition) is 1. The van der Waals surface area contributed by atoms with Gasteiger partial charge in [-0.1, -0.05) is 30.3 Å². The Hall–Kier alpha value is -2.17. The lowest BCUT2D eigenvalue weighted by Crippen LogP contribution is -2.22. The van der Waals surface area contributed by atoms with Gasteiger partial charge in [0.05, 0.1) is 12.3 Å². The molecule has 1 aromatic heterocycles. The van der Waals surface area contributed by atoms with Crippen molar-refractivity contribution in [3.63, 3.8) is 0 Å². The van der Waals surface area contributed by atoms with Crippen molar-refractivity contribution in [3.8, 4) is 27.4 Å². The fourth-order valence-electron chi connectivity index (χ4n) is 3.34. The standard InChI is InChI=1S/C21H22N2OS/c1-3-24-16-7-4-6-15(12-16)17-8-5-9-18(14(17)2)21-23-19-10-11-22-13-20(19)25-21/h4-9,12,22H,3,10-11,13H2,1-2H3. The molecule has 0 saturated heterocycles. The molecule has 0 aliphatic carbocycles. The number of aromatic nitrogens is 1. The summed E-state index contributed by atoms with van der Waals surface area (Å²) in [6, 6.07) is 14.8. The normalized spacial score (nSPS) is 13.5. The van der Waals surface area contributed by atoms with Crippen LogP contribution in [-0.2, 0) is 13.0 Å². The number of fused-ring (bicyclic) bond motifs is 1. The van der Waals surface area contributed by atoms with Gasteiger partial charge in [-0.3, -0.25) is 0 Å². The zero-order valence-corrected chi connectivity index (χ0v) is 15.5. The summed E-state index contributed by atoms with van der Waals surface area (Å²) in [6.45, 7) is 6.86. The summed E-state index contributed by atoms with van der Waals surface area (Å²) in [5.74, 6) is 0.917. The first-order valence-electron chi connectivity index (χ1n) is 8.78. The molecule has 1 aliphatic heterocycles. The summed E-state index contributed by atoms with van der Waals surface area (Å²) in [7, 11) is 0. The van der Waals surface area contributed by atoms with Crippen LogP contribution in [0, 0.1) is 6.92 Å². The van der Waals surface area contributed by atoms with Gasteiger partial charge in [0.2, 0.25) is 0 Å². The van der Waals surface area contributed by atoms with Crippen LogP contribution in [0.5, 0.6) is 5.75 Å². The van der Waals surface area contributed by atoms with Crippen LogP contribution in [0.15, 0.2) is 42.5 Å². The molecule has 4 rings (SSSR count). The Morgan fingerprint density at radius 3 is 2.84 bits per heavy atom. The highest BCUT2D eigenvalue weighted by Gasteiger charge is 2.17. The Balaban J connectivity index is 1.75. The fraction of sp³-hybridized carbons (Fsp3) is 0.286. The van der Waals surface area contributed by atoms with Gasteiger partial charge in [-0.05, 0) is 42.7 Å². The molecular formula is C21H22N2OS. The van der Waals surface area contributed by atoms with Crippen molar-refractivity contribution >= 4 is 11.3 Å². The summed E-state index contributed by atoms with van der Waals surface area (Å²) in [6.07, 6.45) is 1.03. The van der Waals surface area contributed by atoms with Gasteiger partial charge in [0.15, 0.2) is 0 Å². The summed E-state index contributed by atoms with van der Waals surface area (Å²) >= 11 is 1.82. The number of hydrogen-bond acceptors (Lipinski definition) is 4. The first-order chi connectivity index (χ1) is 12.3. The molecule has 1 aliphatic rings. The van der Waals surface area contributed by atoms with Crippen LogP contribution < -0.4 is 10.1 Å². The minimum Gasteiger partial charge on any atom is -0.494 e. The fourth-order valence-corrected chi connectivity index (χ4v) is 4.50. The molecule has 4 heteroatoms. The van der Waals surface area contributed by atoms with E-state index in [0.717, 1.165) is 30.3 Å². The third kappa shape index (κ3) is 3.20. The van der Waals surface area contributed by atoms with Crippen molar-refractivity contribution in [1.29, 1.82) is 0 Å². The van der Waals surface area contributed by atoms with Crippen LogP contribution >= 0.6 is 11.3 Å². The molecule has 0 spiro atoms. The molecule has 0 saturated carbocycles. The lowest BCUT2D eigenvalue weighted by Gasteiger charge is -2.11. The van der Waals surface area contributed by atoms with Crippen LogP contribution in [-0.4, -0.2) is 18.1 Å². The minimum absolute atomic E-state index is 0.682. The lowest BCUT2D eigenvalue weighted by atomic mass is 9.96. The largest absolute Gasteiger partial charge is 0.494 e. The summed E-state index contributed by atoms with van der Waals surface area (Å²) in [5.41, 5.74) is 6.20. The van der Waals surface area contributed by atoms with Crippen LogP contribution in [0.4, 0.5) is 0 Å². The van der Waals surface area contributed by atoms with Crippen LogP contribution in [0.1, 0.15) is 23.1 Å². The molecule has 25 heavy (non-hydrogen) atoms. The van der Waals surface area contributed by atoms with Gasteiger partial charge in [0, 0.05) is 30.0 Å². The highest BCUT2D eigenvalue weighted by molar-refractivity contribution is 7.15. The zero-order valence-electron chi connectivity index (χ0n) is 14.6. The molecule has 3 nitrogen and oxygen atoms in total. The first-order valence-corrected chi connectivity index (χ1v) is 9.60. The smallest absolute Gasteiger partial charge is 0.124 e. The molecule has 0 fully saturated rings. The van der Waals surface area contributed by atoms with Crippen LogP contribution in [0.3, 0.4) is 0 Å². The highest BCUT2D eigenvalue weighted by Crippen LogP contribution is 2.36. The number of thiazole rings is 1. The third-order valence-electron chi connectivity index (χ3n) is 4.62. The maximum atomic E-state index is 5.66. The Bertz CT molecular complexity index is 877. The van der Waals surface area contributed by atoms with Gasteiger partial charge in [-0.2, -0.15) is 0 Å². The zero-order chi connectivity index (χ0) is 17.2. The van der Waals surface area contributed by atoms with Gasteiger partial charge < -0.3 is 10.1 Å². The molecule has 1 N–H and O–H groups in total. The maximum Gasteiger partial charge on any atom is 0.124 e. The monoisotopic (exact) mass is 350 g/mol. The molecule has 2 aromatic carbocycles. The molecule has 3 aromatic rings. The molecule has 0 unspecified atom stereocenters. The Morgan fingerprint density at radius 2 is 2.00 bits per heavy atom. The summed E-state index contributed by atoms with van der Waals surface area (Å²) in [5, 5.41) is 4.57. The van der Waals surface area contributed by atoms with E-state index in [1.165, 1.54) is 32.8 Å². The second-order valence-electron chi connectivity index (χ2n) is 6.25. The van der Waals surface area contributed by atoms with Crippen molar-refractivity contribution in [3.05, 3.63) is 58.6 Å². The molecule has 0 atom stereocenters. The second-order valence-corrected chi connectivity index (χ2v) is 7.34. The molecule has 0 radical (unpaired) electrons. The average molecular weight is 350 g/mol. The van der Waals surface area contributed by atoms with Crippen LogP contribution in [0.25, 0.3) is 21.7 Å². The van der Waals surface area contributed by atoms with Crippen molar-refractivity contribution < 1.29 is 4.74 Å². The number of rotatable bonds is 4. The van der Waals surface area contributed by atoms with E-state index in [2.05, 4.69) is 48.6 Å². The van der Waals surface area contributed by atoms with Gasteiger partial charge in [0.25, 0.3) is 0 Å². The van der Waals surface area contributed by atoms with E-state index in [4.69, 9.17) is 9.72 Å². The van der Waals surface area contributed by atoms with E-state index in [-0.39, 0.29) is 0 Å². The van der Waals surface area contributed by atoms with E-state index in [1.807, 2.05) is 24.3 Å². The highest BCUT2D eigenvalue weighted by atomic mass is 32.1. The van der Waals surface area contributed by atoms with E-state index < -0.39 is 0 Å². The number of ether oxygens (including phenoxy) is 1. The van der Waals surface area contributed by atoms with Gasteiger partial charge in [-0.15, -0.1) is 11.3 Å². The summed E-state index contributed by atoms with van der Waals surface area (Å²) < 4.78 is 5.66. The van der Waals surface area contributed by atoms with Gasteiger partial charge >= 0.3 is 0 Å². The maximum absolute atomic E-state index is 5.66. The number of benzene rings is 2. The Morgan fingerprint density at radius 1 is 1.16 bits per heavy atom. The van der Waals surface area contributed by atoms with Crippen molar-refractivity contribution in [2.24, 2.45) is 0 Å². The van der Waals surface area contributed by atoms with Crippen molar-refractivity contribution in [2.75, 3.05) is 13.2 Å². The van der Waals surface area contributed by atoms with Gasteiger partial charge in [0.1, 0.15) is 10.8 Å². The van der Waals surface area contributed by atoms with E-state index in [0.29, 0.717) is 6.61 Å².